The van der Waals surface area contributed by atoms with Crippen molar-refractivity contribution in [3.05, 3.63) is 46.3 Å². The van der Waals surface area contributed by atoms with Gasteiger partial charge in [0.2, 0.25) is 0 Å². The van der Waals surface area contributed by atoms with Gasteiger partial charge in [0.25, 0.3) is 5.69 Å². The molecule has 0 spiro atoms. The van der Waals surface area contributed by atoms with Crippen LogP contribution in [0.3, 0.4) is 0 Å². The molecule has 0 atom stereocenters. The lowest BCUT2D eigenvalue weighted by Gasteiger charge is -2.07. The fourth-order valence-electron chi connectivity index (χ4n) is 1.71. The summed E-state index contributed by atoms with van der Waals surface area (Å²) in [6.07, 6.45) is 0.757. The Bertz CT molecular complexity index is 631. The lowest BCUT2D eigenvalue weighted by atomic mass is 10.3. The van der Waals surface area contributed by atoms with Gasteiger partial charge in [-0.1, -0.05) is 18.7 Å². The van der Waals surface area contributed by atoms with E-state index in [9.17, 15) is 10.1 Å². The number of non-ortho nitro benzene ring substituents is 1. The Hall–Kier alpha value is -2.15. The van der Waals surface area contributed by atoms with Gasteiger partial charge >= 0.3 is 0 Å². The fraction of sp³-hybridized carbons (Fsp3) is 0.286. The highest BCUT2D eigenvalue weighted by atomic mass is 32.2. The second-order valence-electron chi connectivity index (χ2n) is 4.24. The molecule has 0 unspecified atom stereocenters. The summed E-state index contributed by atoms with van der Waals surface area (Å²) in [5, 5.41) is 14.6. The van der Waals surface area contributed by atoms with Gasteiger partial charge in [-0.3, -0.25) is 10.1 Å². The van der Waals surface area contributed by atoms with E-state index in [0.29, 0.717) is 0 Å². The normalized spacial score (nSPS) is 10.4. The van der Waals surface area contributed by atoms with Crippen LogP contribution in [-0.4, -0.2) is 21.4 Å². The zero-order chi connectivity index (χ0) is 15.2. The summed E-state index contributed by atoms with van der Waals surface area (Å²) in [6, 6.07) is 8.33. The molecule has 0 aliphatic rings. The molecule has 0 radical (unpaired) electrons. The van der Waals surface area contributed by atoms with Crippen molar-refractivity contribution < 1.29 is 4.92 Å². The van der Waals surface area contributed by atoms with Gasteiger partial charge in [-0.15, -0.1) is 0 Å². The van der Waals surface area contributed by atoms with Gasteiger partial charge in [0.1, 0.15) is 16.7 Å². The Balaban J connectivity index is 2.21. The lowest BCUT2D eigenvalue weighted by molar-refractivity contribution is -0.384. The molecule has 2 rings (SSSR count). The molecule has 1 N–H and O–H groups in total. The van der Waals surface area contributed by atoms with Crippen molar-refractivity contribution in [1.29, 1.82) is 0 Å². The van der Waals surface area contributed by atoms with Crippen LogP contribution in [0.4, 0.5) is 11.5 Å². The Morgan fingerprint density at radius 3 is 2.52 bits per heavy atom. The summed E-state index contributed by atoms with van der Waals surface area (Å²) in [5.41, 5.74) is 0.0876. The molecule has 0 bridgehead atoms. The van der Waals surface area contributed by atoms with Crippen molar-refractivity contribution >= 4 is 23.3 Å². The SMILES string of the molecule is CCNc1cc(Sc2ccc([N+](=O)[O-])cc2)nc(CC)n1. The monoisotopic (exact) mass is 304 g/mol. The first-order valence-electron chi connectivity index (χ1n) is 6.66. The van der Waals surface area contributed by atoms with Gasteiger partial charge in [0.05, 0.1) is 4.92 Å². The van der Waals surface area contributed by atoms with Crippen LogP contribution in [0.1, 0.15) is 19.7 Å². The molecular formula is C14H16N4O2S. The van der Waals surface area contributed by atoms with Crippen LogP contribution in [0.25, 0.3) is 0 Å². The van der Waals surface area contributed by atoms with E-state index in [1.807, 2.05) is 19.9 Å². The molecule has 2 aromatic rings. The van der Waals surface area contributed by atoms with E-state index in [0.717, 1.165) is 34.5 Å². The lowest BCUT2D eigenvalue weighted by Crippen LogP contribution is -2.03. The molecule has 0 aliphatic carbocycles. The highest BCUT2D eigenvalue weighted by Crippen LogP contribution is 2.28. The molecule has 1 aromatic carbocycles. The van der Waals surface area contributed by atoms with E-state index in [-0.39, 0.29) is 5.69 Å². The number of benzene rings is 1. The third kappa shape index (κ3) is 4.16. The topological polar surface area (TPSA) is 81.0 Å². The van der Waals surface area contributed by atoms with Gasteiger partial charge in [-0.25, -0.2) is 9.97 Å². The van der Waals surface area contributed by atoms with Crippen molar-refractivity contribution in [1.82, 2.24) is 9.97 Å². The van der Waals surface area contributed by atoms with E-state index in [2.05, 4.69) is 15.3 Å². The zero-order valence-electron chi connectivity index (χ0n) is 11.9. The first-order chi connectivity index (χ1) is 10.1. The number of aryl methyl sites for hydroxylation is 1. The third-order valence-electron chi connectivity index (χ3n) is 2.69. The van der Waals surface area contributed by atoms with Gasteiger partial charge in [0.15, 0.2) is 0 Å². The fourth-order valence-corrected chi connectivity index (χ4v) is 2.55. The van der Waals surface area contributed by atoms with Crippen molar-refractivity contribution in [2.75, 3.05) is 11.9 Å². The number of anilines is 1. The quantitative estimate of drug-likeness (QED) is 0.499. The number of nitro groups is 1. The smallest absolute Gasteiger partial charge is 0.269 e. The average molecular weight is 304 g/mol. The van der Waals surface area contributed by atoms with Crippen LogP contribution in [0.15, 0.2) is 40.3 Å². The molecule has 21 heavy (non-hydrogen) atoms. The molecule has 1 heterocycles. The molecule has 110 valence electrons. The maximum atomic E-state index is 10.6. The van der Waals surface area contributed by atoms with E-state index in [4.69, 9.17) is 0 Å². The number of aromatic nitrogens is 2. The summed E-state index contributed by atoms with van der Waals surface area (Å²) in [5.74, 6) is 1.58. The second-order valence-corrected chi connectivity index (χ2v) is 5.34. The number of hydrogen-bond donors (Lipinski definition) is 1. The molecule has 0 saturated heterocycles. The predicted molar refractivity (Wildman–Crippen MR) is 82.8 cm³/mol. The summed E-state index contributed by atoms with van der Waals surface area (Å²) in [6.45, 7) is 4.81. The van der Waals surface area contributed by atoms with Crippen LogP contribution in [0.5, 0.6) is 0 Å². The standard InChI is InChI=1S/C14H16N4O2S/c1-3-12-16-13(15-4-2)9-14(17-12)21-11-7-5-10(6-8-11)18(19)20/h5-9H,3-4H2,1-2H3,(H,15,16,17). The zero-order valence-corrected chi connectivity index (χ0v) is 12.7. The minimum Gasteiger partial charge on any atom is -0.370 e. The van der Waals surface area contributed by atoms with Crippen LogP contribution in [0, 0.1) is 10.1 Å². The minimum atomic E-state index is -0.405. The van der Waals surface area contributed by atoms with Crippen LogP contribution in [0.2, 0.25) is 0 Å². The maximum absolute atomic E-state index is 10.6. The summed E-state index contributed by atoms with van der Waals surface area (Å²) < 4.78 is 0. The van der Waals surface area contributed by atoms with E-state index in [1.54, 1.807) is 12.1 Å². The first kappa shape index (κ1) is 15.2. The highest BCUT2D eigenvalue weighted by Gasteiger charge is 2.08. The predicted octanol–water partition coefficient (Wildman–Crippen LogP) is 3.53. The first-order valence-corrected chi connectivity index (χ1v) is 7.48. The van der Waals surface area contributed by atoms with Gasteiger partial charge < -0.3 is 5.32 Å². The highest BCUT2D eigenvalue weighted by molar-refractivity contribution is 7.99. The van der Waals surface area contributed by atoms with Gasteiger partial charge in [0, 0.05) is 36.1 Å². The molecule has 0 saturated carbocycles. The number of hydrogen-bond acceptors (Lipinski definition) is 6. The molecule has 0 fully saturated rings. The summed E-state index contributed by atoms with van der Waals surface area (Å²) in [4.78, 5) is 20.0. The molecular weight excluding hydrogens is 288 g/mol. The Morgan fingerprint density at radius 2 is 1.95 bits per heavy atom. The summed E-state index contributed by atoms with van der Waals surface area (Å²) in [7, 11) is 0. The van der Waals surface area contributed by atoms with Crippen LogP contribution < -0.4 is 5.32 Å². The molecule has 0 amide bonds. The number of rotatable bonds is 6. The van der Waals surface area contributed by atoms with E-state index >= 15 is 0 Å². The Labute approximate surface area is 127 Å². The minimum absolute atomic E-state index is 0.0876. The van der Waals surface area contributed by atoms with Crippen molar-refractivity contribution in [2.45, 2.75) is 30.2 Å². The van der Waals surface area contributed by atoms with Gasteiger partial charge in [-0.05, 0) is 19.1 Å². The van der Waals surface area contributed by atoms with Crippen LogP contribution >= 0.6 is 11.8 Å². The van der Waals surface area contributed by atoms with E-state index < -0.39 is 4.92 Å². The Kier molecular flexibility index (Phi) is 5.10. The van der Waals surface area contributed by atoms with Crippen molar-refractivity contribution in [3.63, 3.8) is 0 Å². The Morgan fingerprint density at radius 1 is 1.24 bits per heavy atom. The maximum Gasteiger partial charge on any atom is 0.269 e. The van der Waals surface area contributed by atoms with Crippen molar-refractivity contribution in [3.8, 4) is 0 Å². The van der Waals surface area contributed by atoms with Gasteiger partial charge in [-0.2, -0.15) is 0 Å². The van der Waals surface area contributed by atoms with Crippen LogP contribution in [-0.2, 0) is 6.42 Å². The summed E-state index contributed by atoms with van der Waals surface area (Å²) >= 11 is 1.46. The average Bonchev–Trinajstić information content (AvgIpc) is 2.48. The molecule has 0 aliphatic heterocycles. The number of nitrogens with one attached hydrogen (secondary N) is 1. The number of nitrogens with zero attached hydrogens (tertiary/aromatic N) is 3. The molecule has 7 heteroatoms. The van der Waals surface area contributed by atoms with Crippen molar-refractivity contribution in [2.24, 2.45) is 0 Å². The second kappa shape index (κ2) is 7.03. The number of nitro benzene ring substituents is 1. The third-order valence-corrected chi connectivity index (χ3v) is 3.62. The molecule has 6 nitrogen and oxygen atoms in total. The molecule has 1 aromatic heterocycles. The largest absolute Gasteiger partial charge is 0.370 e. The van der Waals surface area contributed by atoms with E-state index in [1.165, 1.54) is 23.9 Å².